The van der Waals surface area contributed by atoms with Crippen molar-refractivity contribution >= 4 is 27.6 Å². The fourth-order valence-electron chi connectivity index (χ4n) is 2.86. The number of nitrogens with zero attached hydrogens (tertiary/aromatic N) is 2. The highest BCUT2D eigenvalue weighted by Crippen LogP contribution is 2.30. The van der Waals surface area contributed by atoms with Crippen molar-refractivity contribution in [2.45, 2.75) is 19.8 Å². The van der Waals surface area contributed by atoms with Gasteiger partial charge in [-0.15, -0.1) is 0 Å². The molecular weight excluding hydrogens is 431 g/mol. The molecule has 30 heavy (non-hydrogen) atoms. The van der Waals surface area contributed by atoms with E-state index in [9.17, 15) is 12.8 Å². The van der Waals surface area contributed by atoms with Crippen LogP contribution in [0, 0.1) is 5.82 Å². The van der Waals surface area contributed by atoms with E-state index in [1.54, 1.807) is 36.7 Å². The summed E-state index contributed by atoms with van der Waals surface area (Å²) in [5.74, 6) is 0.0404. The molecule has 0 saturated carbocycles. The van der Waals surface area contributed by atoms with Gasteiger partial charge >= 0.3 is 0 Å². The molecule has 158 valence electrons. The molecule has 2 aromatic heterocycles. The monoisotopic (exact) mass is 450 g/mol. The number of ether oxygens (including phenoxy) is 1. The maximum Gasteiger partial charge on any atom is 0.300 e. The molecule has 3 aromatic rings. The Hall–Kier alpha value is -2.75. The van der Waals surface area contributed by atoms with E-state index in [2.05, 4.69) is 19.4 Å². The summed E-state index contributed by atoms with van der Waals surface area (Å²) in [6.45, 7) is 1.96. The Kier molecular flexibility index (Phi) is 6.86. The van der Waals surface area contributed by atoms with Gasteiger partial charge in [-0.3, -0.25) is 9.71 Å². The molecule has 3 rings (SSSR count). The summed E-state index contributed by atoms with van der Waals surface area (Å²) in [6.07, 6.45) is 5.42. The molecule has 1 aromatic carbocycles. The second-order valence-electron chi connectivity index (χ2n) is 6.30. The van der Waals surface area contributed by atoms with E-state index >= 15 is 0 Å². The zero-order chi connectivity index (χ0) is 21.7. The van der Waals surface area contributed by atoms with E-state index in [4.69, 9.17) is 16.3 Å². The predicted octanol–water partition coefficient (Wildman–Crippen LogP) is 4.09. The lowest BCUT2D eigenvalue weighted by Gasteiger charge is -2.15. The van der Waals surface area contributed by atoms with Crippen LogP contribution in [0.15, 0.2) is 48.9 Å². The summed E-state index contributed by atoms with van der Waals surface area (Å²) >= 11 is 5.91. The second kappa shape index (κ2) is 9.38. The molecule has 2 N–H and O–H groups in total. The molecule has 0 unspecified atom stereocenters. The second-order valence-corrected chi connectivity index (χ2v) is 8.36. The smallest absolute Gasteiger partial charge is 0.300 e. The van der Waals surface area contributed by atoms with Crippen molar-refractivity contribution in [3.8, 4) is 11.5 Å². The van der Waals surface area contributed by atoms with Gasteiger partial charge in [0.2, 0.25) is 0 Å². The number of pyridine rings is 2. The quantitative estimate of drug-likeness (QED) is 0.539. The third kappa shape index (κ3) is 5.24. The lowest BCUT2D eigenvalue weighted by atomic mass is 10.00. The SMILES string of the molecule is CCc1c(Cc2ccnc(NS(=O)(=O)NC)c2F)cncc1Oc1ccc(Cl)cc1. The van der Waals surface area contributed by atoms with Crippen LogP contribution in [0.5, 0.6) is 11.5 Å². The lowest BCUT2D eigenvalue weighted by Crippen LogP contribution is -2.27. The van der Waals surface area contributed by atoms with Gasteiger partial charge in [0.1, 0.15) is 11.5 Å². The van der Waals surface area contributed by atoms with Crippen molar-refractivity contribution < 1.29 is 17.5 Å². The Labute approximate surface area is 179 Å². The van der Waals surface area contributed by atoms with Crippen LogP contribution >= 0.6 is 11.6 Å². The number of nitrogens with one attached hydrogen (secondary N) is 2. The number of aromatic nitrogens is 2. The lowest BCUT2D eigenvalue weighted by molar-refractivity contribution is 0.473. The molecule has 0 bridgehead atoms. The molecule has 0 fully saturated rings. The first-order valence-corrected chi connectivity index (χ1v) is 10.9. The van der Waals surface area contributed by atoms with Gasteiger partial charge in [-0.25, -0.2) is 14.1 Å². The molecule has 7 nitrogen and oxygen atoms in total. The normalized spacial score (nSPS) is 11.3. The number of hydrogen-bond acceptors (Lipinski definition) is 5. The molecule has 0 amide bonds. The Morgan fingerprint density at radius 1 is 1.13 bits per heavy atom. The number of rotatable bonds is 8. The van der Waals surface area contributed by atoms with Gasteiger partial charge in [0.15, 0.2) is 11.6 Å². The topological polar surface area (TPSA) is 93.2 Å². The summed E-state index contributed by atoms with van der Waals surface area (Å²) in [4.78, 5) is 8.00. The molecule has 0 aliphatic rings. The third-order valence-corrected chi connectivity index (χ3v) is 5.60. The van der Waals surface area contributed by atoms with Crippen molar-refractivity contribution in [1.29, 1.82) is 0 Å². The van der Waals surface area contributed by atoms with Crippen LogP contribution in [-0.2, 0) is 23.1 Å². The van der Waals surface area contributed by atoms with Crippen LogP contribution in [0.25, 0.3) is 0 Å². The molecule has 0 radical (unpaired) electrons. The van der Waals surface area contributed by atoms with Gasteiger partial charge in [-0.2, -0.15) is 8.42 Å². The minimum atomic E-state index is -3.89. The minimum absolute atomic E-state index is 0.191. The maximum absolute atomic E-state index is 14.9. The molecule has 0 saturated heterocycles. The first-order valence-electron chi connectivity index (χ1n) is 9.06. The molecule has 10 heteroatoms. The van der Waals surface area contributed by atoms with Crippen molar-refractivity contribution in [1.82, 2.24) is 14.7 Å². The Morgan fingerprint density at radius 3 is 2.53 bits per heavy atom. The highest BCUT2D eigenvalue weighted by molar-refractivity contribution is 7.90. The maximum atomic E-state index is 14.9. The Balaban J connectivity index is 1.91. The summed E-state index contributed by atoms with van der Waals surface area (Å²) in [5.41, 5.74) is 1.91. The van der Waals surface area contributed by atoms with Gasteiger partial charge < -0.3 is 4.74 Å². The fourth-order valence-corrected chi connectivity index (χ4v) is 3.48. The summed E-state index contributed by atoms with van der Waals surface area (Å²) in [5, 5.41) is 0.600. The predicted molar refractivity (Wildman–Crippen MR) is 114 cm³/mol. The van der Waals surface area contributed by atoms with Crippen LogP contribution in [0.3, 0.4) is 0 Å². The largest absolute Gasteiger partial charge is 0.455 e. The highest BCUT2D eigenvalue weighted by Gasteiger charge is 2.17. The van der Waals surface area contributed by atoms with E-state index in [-0.39, 0.29) is 17.8 Å². The molecule has 0 atom stereocenters. The van der Waals surface area contributed by atoms with Crippen LogP contribution in [0.4, 0.5) is 10.2 Å². The first-order chi connectivity index (χ1) is 14.3. The molecule has 0 spiro atoms. The molecular formula is C20H20ClFN4O3S. The van der Waals surface area contributed by atoms with Crippen LogP contribution < -0.4 is 14.2 Å². The van der Waals surface area contributed by atoms with Gasteiger partial charge in [0, 0.05) is 36.4 Å². The van der Waals surface area contributed by atoms with Gasteiger partial charge in [-0.1, -0.05) is 18.5 Å². The van der Waals surface area contributed by atoms with E-state index in [0.717, 1.165) is 11.1 Å². The van der Waals surface area contributed by atoms with Crippen LogP contribution in [0.2, 0.25) is 5.02 Å². The average Bonchev–Trinajstić information content (AvgIpc) is 2.73. The fraction of sp³-hybridized carbons (Fsp3) is 0.200. The van der Waals surface area contributed by atoms with Crippen molar-refractivity contribution in [3.05, 3.63) is 76.5 Å². The van der Waals surface area contributed by atoms with E-state index in [1.165, 1.54) is 19.3 Å². The van der Waals surface area contributed by atoms with Gasteiger partial charge in [0.25, 0.3) is 10.2 Å². The van der Waals surface area contributed by atoms with Crippen molar-refractivity contribution in [2.24, 2.45) is 0 Å². The molecule has 0 aliphatic heterocycles. The van der Waals surface area contributed by atoms with Crippen molar-refractivity contribution in [2.75, 3.05) is 11.8 Å². The number of hydrogen-bond donors (Lipinski definition) is 2. The summed E-state index contributed by atoms with van der Waals surface area (Å²) in [7, 11) is -2.67. The highest BCUT2D eigenvalue weighted by atomic mass is 35.5. The molecule has 0 aliphatic carbocycles. The zero-order valence-corrected chi connectivity index (χ0v) is 17.9. The summed E-state index contributed by atoms with van der Waals surface area (Å²) < 4.78 is 48.3. The zero-order valence-electron chi connectivity index (χ0n) is 16.3. The standard InChI is InChI=1S/C20H20ClFN4O3S/c1-3-17-14(11-24-12-18(17)29-16-6-4-15(21)5-7-16)10-13-8-9-25-20(19(13)22)26-30(27,28)23-2/h4-9,11-12,23H,3,10H2,1-2H3,(H,25,26). The molecule has 2 heterocycles. The number of anilines is 1. The third-order valence-electron chi connectivity index (χ3n) is 4.35. The van der Waals surface area contributed by atoms with Crippen LogP contribution in [0.1, 0.15) is 23.6 Å². The number of benzene rings is 1. The minimum Gasteiger partial charge on any atom is -0.455 e. The average molecular weight is 451 g/mol. The van der Waals surface area contributed by atoms with E-state index in [0.29, 0.717) is 22.9 Å². The van der Waals surface area contributed by atoms with E-state index < -0.39 is 16.0 Å². The van der Waals surface area contributed by atoms with Crippen molar-refractivity contribution in [3.63, 3.8) is 0 Å². The van der Waals surface area contributed by atoms with Gasteiger partial charge in [0.05, 0.1) is 6.20 Å². The Bertz CT molecular complexity index is 1140. The first kappa shape index (κ1) is 21.9. The summed E-state index contributed by atoms with van der Waals surface area (Å²) in [6, 6.07) is 8.44. The van der Waals surface area contributed by atoms with Crippen LogP contribution in [-0.4, -0.2) is 25.4 Å². The van der Waals surface area contributed by atoms with Gasteiger partial charge in [-0.05, 0) is 47.9 Å². The van der Waals surface area contributed by atoms with E-state index in [1.807, 2.05) is 6.92 Å². The number of halogens is 2. The Morgan fingerprint density at radius 2 is 1.87 bits per heavy atom.